The molecule has 2 N–H and O–H groups in total. The number of hydrogen-bond acceptors (Lipinski definition) is 3. The molecule has 0 spiro atoms. The highest BCUT2D eigenvalue weighted by molar-refractivity contribution is 9.10. The maximum atomic E-state index is 11.8. The predicted molar refractivity (Wildman–Crippen MR) is 99.3 cm³/mol. The normalized spacial score (nSPS) is 12.4. The van der Waals surface area contributed by atoms with Gasteiger partial charge in [0, 0.05) is 17.6 Å². The summed E-state index contributed by atoms with van der Waals surface area (Å²) in [5.74, 6) is -0.0413. The molecule has 1 aromatic carbocycles. The van der Waals surface area contributed by atoms with E-state index in [0.29, 0.717) is 12.2 Å². The van der Waals surface area contributed by atoms with Crippen LogP contribution >= 0.6 is 31.9 Å². The number of carbonyl (C=O) groups excluding carboxylic acids is 2. The average Bonchev–Trinajstić information content (AvgIpc) is 2.44. The Balaban J connectivity index is 2.47. The fourth-order valence-corrected chi connectivity index (χ4v) is 3.12. The largest absolute Gasteiger partial charge is 0.444 e. The van der Waals surface area contributed by atoms with E-state index in [1.165, 1.54) is 0 Å². The summed E-state index contributed by atoms with van der Waals surface area (Å²) < 4.78 is 5.18. The van der Waals surface area contributed by atoms with Gasteiger partial charge in [-0.15, -0.1) is 0 Å². The molecular weight excluding hydrogens is 428 g/mol. The lowest BCUT2D eigenvalue weighted by Gasteiger charge is -2.19. The fraction of sp³-hybridized carbons (Fsp3) is 0.500. The van der Waals surface area contributed by atoms with Gasteiger partial charge >= 0.3 is 6.09 Å². The predicted octanol–water partition coefficient (Wildman–Crippen LogP) is 4.20. The van der Waals surface area contributed by atoms with E-state index in [4.69, 9.17) is 4.74 Å². The molecule has 5 nitrogen and oxygen atoms in total. The average molecular weight is 450 g/mol. The van der Waals surface area contributed by atoms with Crippen molar-refractivity contribution in [1.29, 1.82) is 0 Å². The van der Waals surface area contributed by atoms with Gasteiger partial charge in [0.15, 0.2) is 0 Å². The molecule has 1 atom stereocenters. The SMILES string of the molecule is CC(C)(C)OC(=O)Nc1ccc(CNC(=O)C(Br)CCBr)cc1. The Labute approximate surface area is 153 Å². The zero-order valence-electron chi connectivity index (χ0n) is 13.5. The van der Waals surface area contributed by atoms with E-state index in [0.717, 1.165) is 17.3 Å². The smallest absolute Gasteiger partial charge is 0.412 e. The molecule has 0 bridgehead atoms. The van der Waals surface area contributed by atoms with Crippen molar-refractivity contribution in [1.82, 2.24) is 5.32 Å². The van der Waals surface area contributed by atoms with Crippen LogP contribution in [-0.2, 0) is 16.1 Å². The minimum Gasteiger partial charge on any atom is -0.444 e. The summed E-state index contributed by atoms with van der Waals surface area (Å²) in [4.78, 5) is 23.3. The second kappa shape index (κ2) is 9.27. The number of amides is 2. The minimum atomic E-state index is -0.532. The first-order chi connectivity index (χ1) is 10.7. The number of carbonyl (C=O) groups is 2. The highest BCUT2D eigenvalue weighted by Gasteiger charge is 2.16. The van der Waals surface area contributed by atoms with Gasteiger partial charge in [-0.25, -0.2) is 4.79 Å². The second-order valence-electron chi connectivity index (χ2n) is 5.99. The molecule has 1 aromatic rings. The van der Waals surface area contributed by atoms with Crippen LogP contribution in [0.15, 0.2) is 24.3 Å². The molecule has 7 heteroatoms. The molecule has 0 aliphatic heterocycles. The van der Waals surface area contributed by atoms with Crippen molar-refractivity contribution >= 4 is 49.5 Å². The first-order valence-corrected chi connectivity index (χ1v) is 9.31. The molecule has 0 aliphatic carbocycles. The van der Waals surface area contributed by atoms with E-state index >= 15 is 0 Å². The summed E-state index contributed by atoms with van der Waals surface area (Å²) in [6.07, 6.45) is 0.236. The maximum absolute atomic E-state index is 11.8. The molecular formula is C16H22Br2N2O3. The van der Waals surface area contributed by atoms with Gasteiger partial charge in [-0.05, 0) is 44.9 Å². The molecule has 0 aliphatic rings. The Kier molecular flexibility index (Phi) is 8.05. The van der Waals surface area contributed by atoms with Crippen molar-refractivity contribution in [2.75, 3.05) is 10.6 Å². The molecule has 0 heterocycles. The minimum absolute atomic E-state index is 0.0413. The van der Waals surface area contributed by atoms with E-state index in [1.54, 1.807) is 12.1 Å². The Hall–Kier alpha value is -1.08. The zero-order valence-corrected chi connectivity index (χ0v) is 16.7. The quantitative estimate of drug-likeness (QED) is 0.639. The van der Waals surface area contributed by atoms with Crippen molar-refractivity contribution in [3.63, 3.8) is 0 Å². The topological polar surface area (TPSA) is 67.4 Å². The van der Waals surface area contributed by atoms with Crippen LogP contribution in [0.25, 0.3) is 0 Å². The third-order valence-corrected chi connectivity index (χ3v) is 4.04. The van der Waals surface area contributed by atoms with Crippen LogP contribution in [-0.4, -0.2) is 27.8 Å². The van der Waals surface area contributed by atoms with Crippen molar-refractivity contribution in [3.05, 3.63) is 29.8 Å². The number of anilines is 1. The van der Waals surface area contributed by atoms with Crippen LogP contribution in [0.2, 0.25) is 0 Å². The lowest BCUT2D eigenvalue weighted by atomic mass is 10.2. The summed E-state index contributed by atoms with van der Waals surface area (Å²) in [6.45, 7) is 5.87. The number of alkyl halides is 2. The second-order valence-corrected chi connectivity index (χ2v) is 7.89. The van der Waals surface area contributed by atoms with Crippen molar-refractivity contribution in [3.8, 4) is 0 Å². The van der Waals surface area contributed by atoms with E-state index in [9.17, 15) is 9.59 Å². The lowest BCUT2D eigenvalue weighted by molar-refractivity contribution is -0.120. The summed E-state index contributed by atoms with van der Waals surface area (Å²) in [6, 6.07) is 7.24. The van der Waals surface area contributed by atoms with Crippen molar-refractivity contribution in [2.45, 2.75) is 44.2 Å². The van der Waals surface area contributed by atoms with E-state index in [-0.39, 0.29) is 10.7 Å². The lowest BCUT2D eigenvalue weighted by Crippen LogP contribution is -2.30. The van der Waals surface area contributed by atoms with Gasteiger partial charge in [-0.2, -0.15) is 0 Å². The van der Waals surface area contributed by atoms with E-state index in [2.05, 4.69) is 42.5 Å². The summed E-state index contributed by atoms with van der Waals surface area (Å²) in [5, 5.41) is 6.29. The number of ether oxygens (including phenoxy) is 1. The highest BCUT2D eigenvalue weighted by atomic mass is 79.9. The van der Waals surface area contributed by atoms with Crippen molar-refractivity contribution < 1.29 is 14.3 Å². The summed E-state index contributed by atoms with van der Waals surface area (Å²) in [7, 11) is 0. The molecule has 0 fully saturated rings. The van der Waals surface area contributed by atoms with Gasteiger partial charge in [0.1, 0.15) is 5.60 Å². The maximum Gasteiger partial charge on any atom is 0.412 e. The Bertz CT molecular complexity index is 527. The number of halogens is 2. The summed E-state index contributed by atoms with van der Waals surface area (Å²) >= 11 is 6.64. The van der Waals surface area contributed by atoms with Crippen LogP contribution < -0.4 is 10.6 Å². The first kappa shape index (κ1) is 20.0. The molecule has 2 amide bonds. The standard InChI is InChI=1S/C16H22Br2N2O3/c1-16(2,3)23-15(22)20-12-6-4-11(5-7-12)10-19-14(21)13(18)8-9-17/h4-7,13H,8-10H2,1-3H3,(H,19,21)(H,20,22). The highest BCUT2D eigenvalue weighted by Crippen LogP contribution is 2.13. The molecule has 0 saturated carbocycles. The van der Waals surface area contributed by atoms with Gasteiger partial charge in [0.2, 0.25) is 5.91 Å². The monoisotopic (exact) mass is 448 g/mol. The van der Waals surface area contributed by atoms with Crippen LogP contribution in [0.1, 0.15) is 32.8 Å². The molecule has 0 radical (unpaired) electrons. The number of hydrogen-bond donors (Lipinski definition) is 2. The van der Waals surface area contributed by atoms with Gasteiger partial charge in [-0.1, -0.05) is 44.0 Å². The molecule has 0 saturated heterocycles. The first-order valence-electron chi connectivity index (χ1n) is 7.28. The Morgan fingerprint density at radius 1 is 1.22 bits per heavy atom. The van der Waals surface area contributed by atoms with Gasteiger partial charge < -0.3 is 10.1 Å². The molecule has 128 valence electrons. The zero-order chi connectivity index (χ0) is 17.5. The number of rotatable bonds is 6. The van der Waals surface area contributed by atoms with Crippen molar-refractivity contribution in [2.24, 2.45) is 0 Å². The van der Waals surface area contributed by atoms with Gasteiger partial charge in [-0.3, -0.25) is 10.1 Å². The van der Waals surface area contributed by atoms with Gasteiger partial charge in [0.05, 0.1) is 4.83 Å². The van der Waals surface area contributed by atoms with Gasteiger partial charge in [0.25, 0.3) is 0 Å². The number of benzene rings is 1. The molecule has 1 unspecified atom stereocenters. The molecule has 23 heavy (non-hydrogen) atoms. The third-order valence-electron chi connectivity index (χ3n) is 2.71. The van der Waals surface area contributed by atoms with E-state index in [1.807, 2.05) is 32.9 Å². The molecule has 0 aromatic heterocycles. The van der Waals surface area contributed by atoms with E-state index < -0.39 is 11.7 Å². The van der Waals surface area contributed by atoms with Crippen LogP contribution in [0.5, 0.6) is 0 Å². The fourth-order valence-electron chi connectivity index (χ4n) is 1.65. The summed E-state index contributed by atoms with van der Waals surface area (Å²) in [5.41, 5.74) is 1.06. The number of nitrogens with one attached hydrogen (secondary N) is 2. The Morgan fingerprint density at radius 3 is 2.35 bits per heavy atom. The van der Waals surface area contributed by atoms with Crippen LogP contribution in [0.3, 0.4) is 0 Å². The third kappa shape index (κ3) is 8.37. The Morgan fingerprint density at radius 2 is 1.83 bits per heavy atom. The van der Waals surface area contributed by atoms with Crippen LogP contribution in [0, 0.1) is 0 Å². The molecule has 1 rings (SSSR count). The van der Waals surface area contributed by atoms with Crippen LogP contribution in [0.4, 0.5) is 10.5 Å².